The second kappa shape index (κ2) is 12.8. The Bertz CT molecular complexity index is 1080. The molecule has 0 radical (unpaired) electrons. The number of nitrogens with zero attached hydrogens (tertiary/aromatic N) is 1. The van der Waals surface area contributed by atoms with Gasteiger partial charge in [0.1, 0.15) is 24.6 Å². The van der Waals surface area contributed by atoms with Gasteiger partial charge < -0.3 is 19.5 Å². The van der Waals surface area contributed by atoms with E-state index in [2.05, 4.69) is 5.32 Å². The first-order valence-corrected chi connectivity index (χ1v) is 13.2. The summed E-state index contributed by atoms with van der Waals surface area (Å²) in [5.74, 6) is 0.00291. The SMILES string of the molecule is CC(C)[C@H]1COC(=O)N1C(=O)[C@@H](C)C[C@H](Cc1ccc(OCc2ccccc2)cc1)NC(=O)OC(C)(C)C. The van der Waals surface area contributed by atoms with E-state index in [1.54, 1.807) is 27.7 Å². The summed E-state index contributed by atoms with van der Waals surface area (Å²) in [6.45, 7) is 11.8. The number of hydrogen-bond acceptors (Lipinski definition) is 6. The molecule has 1 fully saturated rings. The minimum Gasteiger partial charge on any atom is -0.489 e. The Morgan fingerprint density at radius 3 is 2.29 bits per heavy atom. The van der Waals surface area contributed by atoms with Crippen molar-refractivity contribution in [3.05, 3.63) is 65.7 Å². The Morgan fingerprint density at radius 2 is 1.68 bits per heavy atom. The van der Waals surface area contributed by atoms with E-state index in [1.807, 2.05) is 68.4 Å². The third-order valence-corrected chi connectivity index (χ3v) is 6.35. The Hall–Kier alpha value is -3.55. The van der Waals surface area contributed by atoms with Gasteiger partial charge in [-0.15, -0.1) is 0 Å². The number of alkyl carbamates (subject to hydrolysis) is 1. The van der Waals surface area contributed by atoms with Crippen molar-refractivity contribution in [3.63, 3.8) is 0 Å². The molecule has 2 aromatic carbocycles. The lowest BCUT2D eigenvalue weighted by molar-refractivity contribution is -0.133. The summed E-state index contributed by atoms with van der Waals surface area (Å²) in [6.07, 6.45) is -0.346. The predicted octanol–water partition coefficient (Wildman–Crippen LogP) is 5.73. The molecule has 3 atom stereocenters. The van der Waals surface area contributed by atoms with Crippen LogP contribution in [-0.2, 0) is 27.3 Å². The lowest BCUT2D eigenvalue weighted by atomic mass is 9.94. The van der Waals surface area contributed by atoms with Crippen LogP contribution in [0.1, 0.15) is 59.1 Å². The van der Waals surface area contributed by atoms with Crippen molar-refractivity contribution in [1.82, 2.24) is 10.2 Å². The summed E-state index contributed by atoms with van der Waals surface area (Å²) in [5.41, 5.74) is 1.40. The molecule has 0 saturated carbocycles. The molecule has 38 heavy (non-hydrogen) atoms. The van der Waals surface area contributed by atoms with Crippen LogP contribution in [-0.4, -0.2) is 47.3 Å². The van der Waals surface area contributed by atoms with Crippen LogP contribution < -0.4 is 10.1 Å². The van der Waals surface area contributed by atoms with Gasteiger partial charge in [0.05, 0.1) is 6.04 Å². The Morgan fingerprint density at radius 1 is 1.03 bits per heavy atom. The van der Waals surface area contributed by atoms with Crippen molar-refractivity contribution >= 4 is 18.1 Å². The number of ether oxygens (including phenoxy) is 3. The Kier molecular flexibility index (Phi) is 9.78. The number of carbonyl (C=O) groups excluding carboxylic acids is 3. The van der Waals surface area contributed by atoms with Gasteiger partial charge in [0, 0.05) is 12.0 Å². The first-order valence-electron chi connectivity index (χ1n) is 13.2. The first kappa shape index (κ1) is 29.0. The normalized spacial score (nSPS) is 17.1. The van der Waals surface area contributed by atoms with Crippen molar-refractivity contribution in [2.45, 2.75) is 78.7 Å². The van der Waals surface area contributed by atoms with E-state index in [-0.39, 0.29) is 24.5 Å². The molecule has 1 saturated heterocycles. The van der Waals surface area contributed by atoms with E-state index in [0.717, 1.165) is 16.9 Å². The zero-order valence-electron chi connectivity index (χ0n) is 23.2. The second-order valence-electron chi connectivity index (χ2n) is 11.2. The quantitative estimate of drug-likeness (QED) is 0.427. The summed E-state index contributed by atoms with van der Waals surface area (Å²) in [7, 11) is 0. The fourth-order valence-corrected chi connectivity index (χ4v) is 4.36. The minimum absolute atomic E-state index is 0.0795. The number of nitrogens with one attached hydrogen (secondary N) is 1. The van der Waals surface area contributed by atoms with Crippen LogP contribution >= 0.6 is 0 Å². The fourth-order valence-electron chi connectivity index (χ4n) is 4.36. The molecule has 1 N–H and O–H groups in total. The number of rotatable bonds is 10. The van der Waals surface area contributed by atoms with Gasteiger partial charge in [0.15, 0.2) is 0 Å². The second-order valence-corrected chi connectivity index (χ2v) is 11.2. The summed E-state index contributed by atoms with van der Waals surface area (Å²) in [5, 5.41) is 2.93. The third-order valence-electron chi connectivity index (χ3n) is 6.35. The molecule has 0 aliphatic carbocycles. The zero-order chi connectivity index (χ0) is 27.9. The van der Waals surface area contributed by atoms with E-state index in [4.69, 9.17) is 14.2 Å². The topological polar surface area (TPSA) is 94.2 Å². The molecule has 0 spiro atoms. The third kappa shape index (κ3) is 8.50. The highest BCUT2D eigenvalue weighted by Crippen LogP contribution is 2.24. The number of carbonyl (C=O) groups is 3. The van der Waals surface area contributed by atoms with Crippen LogP contribution in [0, 0.1) is 11.8 Å². The van der Waals surface area contributed by atoms with Gasteiger partial charge in [0.25, 0.3) is 0 Å². The highest BCUT2D eigenvalue weighted by Gasteiger charge is 2.41. The summed E-state index contributed by atoms with van der Waals surface area (Å²) >= 11 is 0. The summed E-state index contributed by atoms with van der Waals surface area (Å²) in [6, 6.07) is 16.9. The molecule has 1 aliphatic rings. The van der Waals surface area contributed by atoms with Crippen molar-refractivity contribution < 1.29 is 28.6 Å². The molecular formula is C30H40N2O6. The van der Waals surface area contributed by atoms with Crippen LogP contribution in [0.4, 0.5) is 9.59 Å². The van der Waals surface area contributed by atoms with Crippen LogP contribution in [0.25, 0.3) is 0 Å². The molecule has 8 heteroatoms. The molecule has 3 rings (SSSR count). The molecule has 0 unspecified atom stereocenters. The molecule has 8 nitrogen and oxygen atoms in total. The van der Waals surface area contributed by atoms with Gasteiger partial charge in [0.2, 0.25) is 5.91 Å². The number of amides is 3. The van der Waals surface area contributed by atoms with Gasteiger partial charge in [-0.3, -0.25) is 4.79 Å². The average molecular weight is 525 g/mol. The fraction of sp³-hybridized carbons (Fsp3) is 0.500. The van der Waals surface area contributed by atoms with Crippen LogP contribution in [0.15, 0.2) is 54.6 Å². The van der Waals surface area contributed by atoms with Crippen molar-refractivity contribution in [2.24, 2.45) is 11.8 Å². The maximum absolute atomic E-state index is 13.3. The maximum Gasteiger partial charge on any atom is 0.416 e. The standard InChI is InChI=1S/C30H40N2O6/c1-20(2)26-19-37-29(35)32(26)27(33)21(3)16-24(31-28(34)38-30(4,5)6)17-22-12-14-25(15-13-22)36-18-23-10-8-7-9-11-23/h7-15,20-21,24,26H,16-19H2,1-6H3,(H,31,34)/t21-,24+,26+/m0/s1. The smallest absolute Gasteiger partial charge is 0.416 e. The summed E-state index contributed by atoms with van der Waals surface area (Å²) in [4.78, 5) is 39.4. The van der Waals surface area contributed by atoms with Crippen LogP contribution in [0.3, 0.4) is 0 Å². The monoisotopic (exact) mass is 524 g/mol. The molecule has 206 valence electrons. The number of hydrogen-bond donors (Lipinski definition) is 1. The zero-order valence-corrected chi connectivity index (χ0v) is 23.2. The van der Waals surface area contributed by atoms with Crippen molar-refractivity contribution in [1.29, 1.82) is 0 Å². The van der Waals surface area contributed by atoms with Crippen molar-refractivity contribution in [3.8, 4) is 5.75 Å². The van der Waals surface area contributed by atoms with E-state index < -0.39 is 29.7 Å². The van der Waals surface area contributed by atoms with E-state index in [1.165, 1.54) is 4.90 Å². The first-order chi connectivity index (χ1) is 17.9. The predicted molar refractivity (Wildman–Crippen MR) is 145 cm³/mol. The average Bonchev–Trinajstić information content (AvgIpc) is 3.24. The highest BCUT2D eigenvalue weighted by molar-refractivity contribution is 5.94. The lowest BCUT2D eigenvalue weighted by Gasteiger charge is -2.28. The van der Waals surface area contributed by atoms with Crippen LogP contribution in [0.5, 0.6) is 5.75 Å². The molecule has 2 aromatic rings. The molecule has 1 aliphatic heterocycles. The molecule has 0 bridgehead atoms. The lowest BCUT2D eigenvalue weighted by Crippen LogP contribution is -2.47. The van der Waals surface area contributed by atoms with E-state index >= 15 is 0 Å². The van der Waals surface area contributed by atoms with Gasteiger partial charge in [-0.05, 0) is 62.8 Å². The highest BCUT2D eigenvalue weighted by atomic mass is 16.6. The number of benzene rings is 2. The van der Waals surface area contributed by atoms with Gasteiger partial charge in [-0.1, -0.05) is 63.2 Å². The van der Waals surface area contributed by atoms with E-state index in [9.17, 15) is 14.4 Å². The molecular weight excluding hydrogens is 484 g/mol. The van der Waals surface area contributed by atoms with Gasteiger partial charge in [-0.2, -0.15) is 0 Å². The van der Waals surface area contributed by atoms with E-state index in [0.29, 0.717) is 19.4 Å². The number of cyclic esters (lactones) is 1. The summed E-state index contributed by atoms with van der Waals surface area (Å²) < 4.78 is 16.5. The van der Waals surface area contributed by atoms with Crippen molar-refractivity contribution in [2.75, 3.05) is 6.61 Å². The Balaban J connectivity index is 1.68. The van der Waals surface area contributed by atoms with Gasteiger partial charge in [-0.25, -0.2) is 14.5 Å². The number of imide groups is 1. The minimum atomic E-state index is -0.655. The van der Waals surface area contributed by atoms with Gasteiger partial charge >= 0.3 is 12.2 Å². The molecule has 1 heterocycles. The molecule has 0 aromatic heterocycles. The van der Waals surface area contributed by atoms with Crippen LogP contribution in [0.2, 0.25) is 0 Å². The Labute approximate surface area is 225 Å². The maximum atomic E-state index is 13.3. The molecule has 3 amide bonds. The largest absolute Gasteiger partial charge is 0.489 e.